The first-order chi connectivity index (χ1) is 7.28. The minimum atomic E-state index is 0.605. The molecule has 15 heavy (non-hydrogen) atoms. The second kappa shape index (κ2) is 4.49. The number of hydrogen-bond acceptors (Lipinski definition) is 4. The molecule has 1 aromatic heterocycles. The quantitative estimate of drug-likeness (QED) is 0.522. The molecule has 0 aliphatic heterocycles. The molecule has 0 aromatic carbocycles. The normalized spacial score (nSPS) is 25.2. The van der Waals surface area contributed by atoms with Crippen molar-refractivity contribution in [2.45, 2.75) is 32.2 Å². The number of pyridine rings is 1. The van der Waals surface area contributed by atoms with E-state index in [1.165, 1.54) is 19.3 Å². The van der Waals surface area contributed by atoms with E-state index in [0.717, 1.165) is 11.6 Å². The number of nitrogens with two attached hydrogens (primary N) is 1. The third-order valence-electron chi connectivity index (χ3n) is 2.97. The second-order valence-corrected chi connectivity index (χ2v) is 4.33. The van der Waals surface area contributed by atoms with Crippen molar-refractivity contribution in [1.82, 2.24) is 4.98 Å². The van der Waals surface area contributed by atoms with Gasteiger partial charge in [-0.3, -0.25) is 0 Å². The van der Waals surface area contributed by atoms with Crippen LogP contribution >= 0.6 is 0 Å². The first kappa shape index (κ1) is 10.2. The molecule has 1 aromatic rings. The van der Waals surface area contributed by atoms with Gasteiger partial charge in [0, 0.05) is 24.0 Å². The maximum atomic E-state index is 5.31. The van der Waals surface area contributed by atoms with Crippen molar-refractivity contribution >= 4 is 11.5 Å². The summed E-state index contributed by atoms with van der Waals surface area (Å²) in [5.74, 6) is 6.85. The van der Waals surface area contributed by atoms with Gasteiger partial charge in [-0.25, -0.2) is 10.8 Å². The van der Waals surface area contributed by atoms with E-state index in [9.17, 15) is 0 Å². The van der Waals surface area contributed by atoms with E-state index >= 15 is 0 Å². The van der Waals surface area contributed by atoms with E-state index in [1.54, 1.807) is 6.20 Å². The van der Waals surface area contributed by atoms with Crippen molar-refractivity contribution in [1.29, 1.82) is 0 Å². The molecule has 1 fully saturated rings. The van der Waals surface area contributed by atoms with Crippen molar-refractivity contribution in [3.63, 3.8) is 0 Å². The molecule has 0 radical (unpaired) electrons. The maximum Gasteiger partial charge on any atom is 0.141 e. The highest BCUT2D eigenvalue weighted by atomic mass is 15.2. The molecule has 4 heteroatoms. The van der Waals surface area contributed by atoms with Gasteiger partial charge in [-0.15, -0.1) is 0 Å². The van der Waals surface area contributed by atoms with Crippen LogP contribution in [0.5, 0.6) is 0 Å². The van der Waals surface area contributed by atoms with Crippen molar-refractivity contribution in [2.24, 2.45) is 11.8 Å². The SMILES string of the molecule is CC1CCC(Nc2ccnc(NN)c2)C1. The molecule has 4 nitrogen and oxygen atoms in total. The first-order valence-corrected chi connectivity index (χ1v) is 5.47. The van der Waals surface area contributed by atoms with E-state index < -0.39 is 0 Å². The molecule has 2 unspecified atom stereocenters. The van der Waals surface area contributed by atoms with Gasteiger partial charge in [0.25, 0.3) is 0 Å². The number of hydrogen-bond donors (Lipinski definition) is 3. The predicted octanol–water partition coefficient (Wildman–Crippen LogP) is 1.97. The van der Waals surface area contributed by atoms with Crippen LogP contribution in [-0.4, -0.2) is 11.0 Å². The molecule has 1 saturated carbocycles. The van der Waals surface area contributed by atoms with Gasteiger partial charge in [0.1, 0.15) is 5.82 Å². The largest absolute Gasteiger partial charge is 0.382 e. The predicted molar refractivity (Wildman–Crippen MR) is 62.5 cm³/mol. The number of nitrogen functional groups attached to an aromatic ring is 1. The van der Waals surface area contributed by atoms with Crippen LogP contribution in [0.3, 0.4) is 0 Å². The zero-order chi connectivity index (χ0) is 10.7. The van der Waals surface area contributed by atoms with Gasteiger partial charge < -0.3 is 10.7 Å². The van der Waals surface area contributed by atoms with Gasteiger partial charge in [-0.05, 0) is 31.2 Å². The standard InChI is InChI=1S/C11H18N4/c1-8-2-3-9(6-8)14-10-4-5-13-11(7-10)15-12/h4-5,7-9H,2-3,6,12H2,1H3,(H2,13,14,15). The third-order valence-corrected chi connectivity index (χ3v) is 2.97. The Hall–Kier alpha value is -1.29. The minimum Gasteiger partial charge on any atom is -0.382 e. The van der Waals surface area contributed by atoms with Gasteiger partial charge in [0.15, 0.2) is 0 Å². The summed E-state index contributed by atoms with van der Waals surface area (Å²) in [4.78, 5) is 4.07. The molecule has 0 bridgehead atoms. The maximum absolute atomic E-state index is 5.31. The van der Waals surface area contributed by atoms with Crippen LogP contribution in [-0.2, 0) is 0 Å². The average Bonchev–Trinajstić information content (AvgIpc) is 2.64. The van der Waals surface area contributed by atoms with E-state index in [-0.39, 0.29) is 0 Å². The second-order valence-electron chi connectivity index (χ2n) is 4.33. The third kappa shape index (κ3) is 2.59. The summed E-state index contributed by atoms with van der Waals surface area (Å²) in [6.07, 6.45) is 5.60. The Morgan fingerprint density at radius 3 is 3.00 bits per heavy atom. The van der Waals surface area contributed by atoms with Crippen LogP contribution < -0.4 is 16.6 Å². The summed E-state index contributed by atoms with van der Waals surface area (Å²) in [7, 11) is 0. The zero-order valence-electron chi connectivity index (χ0n) is 9.03. The van der Waals surface area contributed by atoms with Crippen LogP contribution in [0.1, 0.15) is 26.2 Å². The van der Waals surface area contributed by atoms with Crippen LogP contribution in [0.2, 0.25) is 0 Å². The fourth-order valence-corrected chi connectivity index (χ4v) is 2.17. The van der Waals surface area contributed by atoms with Gasteiger partial charge >= 0.3 is 0 Å². The molecule has 1 aliphatic carbocycles. The Balaban J connectivity index is 1.98. The summed E-state index contributed by atoms with van der Waals surface area (Å²) in [5, 5.41) is 3.51. The van der Waals surface area contributed by atoms with Crippen molar-refractivity contribution in [2.75, 3.05) is 10.7 Å². The summed E-state index contributed by atoms with van der Waals surface area (Å²) >= 11 is 0. The van der Waals surface area contributed by atoms with E-state index in [1.807, 2.05) is 12.1 Å². The number of nitrogens with zero attached hydrogens (tertiary/aromatic N) is 1. The minimum absolute atomic E-state index is 0.605. The lowest BCUT2D eigenvalue weighted by Gasteiger charge is -2.14. The molecule has 2 rings (SSSR count). The number of hydrazine groups is 1. The summed E-state index contributed by atoms with van der Waals surface area (Å²) in [6, 6.07) is 4.51. The lowest BCUT2D eigenvalue weighted by Crippen LogP contribution is -2.16. The van der Waals surface area contributed by atoms with Gasteiger partial charge in [-0.1, -0.05) is 6.92 Å². The smallest absolute Gasteiger partial charge is 0.141 e. The molecule has 1 aliphatic rings. The molecule has 1 heterocycles. The average molecular weight is 206 g/mol. The molecule has 4 N–H and O–H groups in total. The molecule has 82 valence electrons. The number of rotatable bonds is 3. The fraction of sp³-hybridized carbons (Fsp3) is 0.545. The van der Waals surface area contributed by atoms with Crippen molar-refractivity contribution in [3.8, 4) is 0 Å². The van der Waals surface area contributed by atoms with Crippen LogP contribution in [0, 0.1) is 5.92 Å². The van der Waals surface area contributed by atoms with Gasteiger partial charge in [0.05, 0.1) is 0 Å². The molecule has 0 spiro atoms. The number of anilines is 2. The van der Waals surface area contributed by atoms with Gasteiger partial charge in [0.2, 0.25) is 0 Å². The summed E-state index contributed by atoms with van der Waals surface area (Å²) < 4.78 is 0. The Kier molecular flexibility index (Phi) is 3.06. The highest BCUT2D eigenvalue weighted by Crippen LogP contribution is 2.27. The Morgan fingerprint density at radius 2 is 2.33 bits per heavy atom. The molecule has 2 atom stereocenters. The van der Waals surface area contributed by atoms with E-state index in [0.29, 0.717) is 11.9 Å². The van der Waals surface area contributed by atoms with E-state index in [4.69, 9.17) is 5.84 Å². The zero-order valence-corrected chi connectivity index (χ0v) is 9.03. The van der Waals surface area contributed by atoms with Crippen LogP contribution in [0.15, 0.2) is 18.3 Å². The molecule has 0 saturated heterocycles. The number of aromatic nitrogens is 1. The lowest BCUT2D eigenvalue weighted by molar-refractivity contribution is 0.602. The topological polar surface area (TPSA) is 63.0 Å². The highest BCUT2D eigenvalue weighted by Gasteiger charge is 2.20. The lowest BCUT2D eigenvalue weighted by atomic mass is 10.1. The monoisotopic (exact) mass is 206 g/mol. The Morgan fingerprint density at radius 1 is 1.47 bits per heavy atom. The van der Waals surface area contributed by atoms with Gasteiger partial charge in [-0.2, -0.15) is 0 Å². The summed E-state index contributed by atoms with van der Waals surface area (Å²) in [5.41, 5.74) is 3.64. The van der Waals surface area contributed by atoms with Crippen molar-refractivity contribution < 1.29 is 0 Å². The summed E-state index contributed by atoms with van der Waals surface area (Å²) in [6.45, 7) is 2.31. The van der Waals surface area contributed by atoms with E-state index in [2.05, 4.69) is 22.7 Å². The highest BCUT2D eigenvalue weighted by molar-refractivity contribution is 5.51. The Labute approximate surface area is 90.2 Å². The molecule has 0 amide bonds. The number of nitrogens with one attached hydrogen (secondary N) is 2. The fourth-order valence-electron chi connectivity index (χ4n) is 2.17. The van der Waals surface area contributed by atoms with Crippen LogP contribution in [0.4, 0.5) is 11.5 Å². The first-order valence-electron chi connectivity index (χ1n) is 5.47. The Bertz CT molecular complexity index is 326. The van der Waals surface area contributed by atoms with Crippen molar-refractivity contribution in [3.05, 3.63) is 18.3 Å². The molecular formula is C11H18N4. The molecular weight excluding hydrogens is 188 g/mol. The van der Waals surface area contributed by atoms with Crippen LogP contribution in [0.25, 0.3) is 0 Å².